The average Bonchev–Trinajstić information content (AvgIpc) is 2.40. The van der Waals surface area contributed by atoms with Gasteiger partial charge in [0.05, 0.1) is 17.1 Å². The minimum Gasteiger partial charge on any atom is -0.260 e. The third kappa shape index (κ3) is 3.62. The molecule has 19 heavy (non-hydrogen) atoms. The first kappa shape index (κ1) is 14.2. The summed E-state index contributed by atoms with van der Waals surface area (Å²) in [4.78, 5) is 4.36. The Morgan fingerprint density at radius 2 is 2.05 bits per heavy atom. The molecule has 0 radical (unpaired) electrons. The van der Waals surface area contributed by atoms with Crippen LogP contribution < -0.4 is 4.72 Å². The minimum absolute atomic E-state index is 0.176. The standard InChI is InChI=1S/C13H13BrN2O2S/c1-10-5-6-11(14)8-13(10)19(17,18)16-9-12-4-2-3-7-15-12/h2-8,16H,9H2,1H3. The van der Waals surface area contributed by atoms with Crippen molar-refractivity contribution in [1.29, 1.82) is 0 Å². The molecule has 0 bridgehead atoms. The summed E-state index contributed by atoms with van der Waals surface area (Å²) in [5.74, 6) is 0. The van der Waals surface area contributed by atoms with Crippen LogP contribution in [0.15, 0.2) is 52.0 Å². The van der Waals surface area contributed by atoms with Gasteiger partial charge in [0.15, 0.2) is 0 Å². The number of hydrogen-bond donors (Lipinski definition) is 1. The quantitative estimate of drug-likeness (QED) is 0.930. The van der Waals surface area contributed by atoms with Crippen molar-refractivity contribution >= 4 is 26.0 Å². The topological polar surface area (TPSA) is 59.1 Å². The van der Waals surface area contributed by atoms with E-state index in [4.69, 9.17) is 0 Å². The number of aryl methyl sites for hydroxylation is 1. The van der Waals surface area contributed by atoms with Crippen LogP contribution in [0.4, 0.5) is 0 Å². The van der Waals surface area contributed by atoms with E-state index in [-0.39, 0.29) is 11.4 Å². The molecule has 0 saturated heterocycles. The highest BCUT2D eigenvalue weighted by atomic mass is 79.9. The lowest BCUT2D eigenvalue weighted by Gasteiger charge is -2.09. The van der Waals surface area contributed by atoms with Gasteiger partial charge in [-0.25, -0.2) is 13.1 Å². The predicted molar refractivity (Wildman–Crippen MR) is 77.1 cm³/mol. The van der Waals surface area contributed by atoms with Crippen LogP contribution in [-0.2, 0) is 16.6 Å². The van der Waals surface area contributed by atoms with Gasteiger partial charge in [0.1, 0.15) is 0 Å². The number of nitrogens with zero attached hydrogens (tertiary/aromatic N) is 1. The van der Waals surface area contributed by atoms with E-state index in [1.54, 1.807) is 37.4 Å². The van der Waals surface area contributed by atoms with Crippen molar-refractivity contribution in [2.24, 2.45) is 0 Å². The summed E-state index contributed by atoms with van der Waals surface area (Å²) in [6.07, 6.45) is 1.63. The third-order valence-corrected chi connectivity index (χ3v) is 4.65. The van der Waals surface area contributed by atoms with E-state index >= 15 is 0 Å². The minimum atomic E-state index is -3.53. The number of hydrogen-bond acceptors (Lipinski definition) is 3. The highest BCUT2D eigenvalue weighted by Crippen LogP contribution is 2.20. The molecule has 1 aromatic carbocycles. The van der Waals surface area contributed by atoms with Gasteiger partial charge in [-0.15, -0.1) is 0 Å². The van der Waals surface area contributed by atoms with E-state index in [9.17, 15) is 8.42 Å². The molecule has 1 N–H and O–H groups in total. The van der Waals surface area contributed by atoms with Crippen molar-refractivity contribution in [3.05, 3.63) is 58.3 Å². The van der Waals surface area contributed by atoms with Crippen LogP contribution in [0, 0.1) is 6.92 Å². The Morgan fingerprint density at radius 1 is 1.26 bits per heavy atom. The normalized spacial score (nSPS) is 11.5. The summed E-state index contributed by atoms with van der Waals surface area (Å²) in [6.45, 7) is 1.94. The Kier molecular flexibility index (Phi) is 4.34. The maximum Gasteiger partial charge on any atom is 0.241 e. The highest BCUT2D eigenvalue weighted by Gasteiger charge is 2.16. The monoisotopic (exact) mass is 340 g/mol. The van der Waals surface area contributed by atoms with Gasteiger partial charge in [0.2, 0.25) is 10.0 Å². The number of aromatic nitrogens is 1. The van der Waals surface area contributed by atoms with E-state index in [1.165, 1.54) is 0 Å². The lowest BCUT2D eigenvalue weighted by Crippen LogP contribution is -2.24. The Balaban J connectivity index is 2.21. The summed E-state index contributed by atoms with van der Waals surface area (Å²) in [5, 5.41) is 0. The molecule has 0 fully saturated rings. The summed E-state index contributed by atoms with van der Waals surface area (Å²) in [6, 6.07) is 10.6. The second-order valence-electron chi connectivity index (χ2n) is 4.06. The van der Waals surface area contributed by atoms with Gasteiger partial charge in [-0.3, -0.25) is 4.98 Å². The molecule has 0 saturated carbocycles. The van der Waals surface area contributed by atoms with Gasteiger partial charge in [-0.1, -0.05) is 28.1 Å². The zero-order chi connectivity index (χ0) is 13.9. The van der Waals surface area contributed by atoms with E-state index in [1.807, 2.05) is 12.1 Å². The van der Waals surface area contributed by atoms with E-state index in [0.717, 1.165) is 4.47 Å². The van der Waals surface area contributed by atoms with Crippen LogP contribution in [0.5, 0.6) is 0 Å². The molecule has 0 atom stereocenters. The fraction of sp³-hybridized carbons (Fsp3) is 0.154. The molecular formula is C13H13BrN2O2S. The Morgan fingerprint density at radius 3 is 2.74 bits per heavy atom. The van der Waals surface area contributed by atoms with E-state index < -0.39 is 10.0 Å². The van der Waals surface area contributed by atoms with Crippen molar-refractivity contribution in [2.45, 2.75) is 18.4 Å². The molecule has 0 unspecified atom stereocenters. The van der Waals surface area contributed by atoms with Gasteiger partial charge in [0, 0.05) is 10.7 Å². The third-order valence-electron chi connectivity index (χ3n) is 2.61. The van der Waals surface area contributed by atoms with Crippen LogP contribution in [-0.4, -0.2) is 13.4 Å². The first-order valence-corrected chi connectivity index (χ1v) is 7.92. The van der Waals surface area contributed by atoms with Crippen molar-refractivity contribution in [1.82, 2.24) is 9.71 Å². The molecule has 0 aliphatic carbocycles. The molecule has 0 aliphatic heterocycles. The first-order valence-electron chi connectivity index (χ1n) is 5.65. The van der Waals surface area contributed by atoms with Crippen LogP contribution in [0.2, 0.25) is 0 Å². The fourth-order valence-corrected chi connectivity index (χ4v) is 3.39. The molecule has 2 aromatic rings. The number of halogens is 1. The fourth-order valence-electron chi connectivity index (χ4n) is 1.61. The largest absolute Gasteiger partial charge is 0.260 e. The van der Waals surface area contributed by atoms with Gasteiger partial charge < -0.3 is 0 Å². The summed E-state index contributed by atoms with van der Waals surface area (Å²) in [7, 11) is -3.53. The molecule has 1 heterocycles. The number of benzene rings is 1. The lowest BCUT2D eigenvalue weighted by molar-refractivity contribution is 0.579. The lowest BCUT2D eigenvalue weighted by atomic mass is 10.2. The summed E-state index contributed by atoms with van der Waals surface area (Å²) in [5.41, 5.74) is 1.38. The smallest absolute Gasteiger partial charge is 0.241 e. The molecule has 0 amide bonds. The van der Waals surface area contributed by atoms with Gasteiger partial charge in [-0.2, -0.15) is 0 Å². The highest BCUT2D eigenvalue weighted by molar-refractivity contribution is 9.10. The van der Waals surface area contributed by atoms with Crippen molar-refractivity contribution in [2.75, 3.05) is 0 Å². The molecule has 1 aromatic heterocycles. The van der Waals surface area contributed by atoms with Crippen LogP contribution >= 0.6 is 15.9 Å². The van der Waals surface area contributed by atoms with Gasteiger partial charge in [-0.05, 0) is 36.8 Å². The first-order chi connectivity index (χ1) is 8.99. The van der Waals surface area contributed by atoms with Crippen molar-refractivity contribution in [3.63, 3.8) is 0 Å². The predicted octanol–water partition coefficient (Wildman–Crippen LogP) is 2.63. The summed E-state index contributed by atoms with van der Waals surface area (Å²) < 4.78 is 27.7. The zero-order valence-electron chi connectivity index (χ0n) is 10.3. The number of rotatable bonds is 4. The van der Waals surface area contributed by atoms with Gasteiger partial charge in [0.25, 0.3) is 0 Å². The molecule has 0 spiro atoms. The Hall–Kier alpha value is -1.24. The van der Waals surface area contributed by atoms with E-state index in [0.29, 0.717) is 11.3 Å². The average molecular weight is 341 g/mol. The number of pyridine rings is 1. The zero-order valence-corrected chi connectivity index (χ0v) is 12.7. The van der Waals surface area contributed by atoms with Crippen LogP contribution in [0.3, 0.4) is 0 Å². The maximum absolute atomic E-state index is 12.2. The van der Waals surface area contributed by atoms with Crippen LogP contribution in [0.1, 0.15) is 11.3 Å². The van der Waals surface area contributed by atoms with Crippen molar-refractivity contribution < 1.29 is 8.42 Å². The number of sulfonamides is 1. The second-order valence-corrected chi connectivity index (χ2v) is 6.71. The molecule has 2 rings (SSSR count). The van der Waals surface area contributed by atoms with Gasteiger partial charge >= 0.3 is 0 Å². The molecule has 6 heteroatoms. The Bertz CT molecular complexity index is 672. The maximum atomic E-state index is 12.2. The molecule has 100 valence electrons. The SMILES string of the molecule is Cc1ccc(Br)cc1S(=O)(=O)NCc1ccccn1. The molecule has 0 aliphatic rings. The summed E-state index contributed by atoms with van der Waals surface area (Å²) >= 11 is 3.28. The molecular weight excluding hydrogens is 328 g/mol. The molecule has 4 nitrogen and oxygen atoms in total. The van der Waals surface area contributed by atoms with Crippen LogP contribution in [0.25, 0.3) is 0 Å². The number of nitrogens with one attached hydrogen (secondary N) is 1. The van der Waals surface area contributed by atoms with E-state index in [2.05, 4.69) is 25.6 Å². The second kappa shape index (κ2) is 5.81. The Labute approximate surface area is 121 Å². The van der Waals surface area contributed by atoms with Crippen molar-refractivity contribution in [3.8, 4) is 0 Å².